The number of aromatic nitrogens is 2. The Morgan fingerprint density at radius 3 is 2.20 bits per heavy atom. The van der Waals surface area contributed by atoms with E-state index in [0.29, 0.717) is 0 Å². The van der Waals surface area contributed by atoms with Crippen LogP contribution in [0.4, 0.5) is 11.5 Å². The molecule has 0 spiro atoms. The van der Waals surface area contributed by atoms with Crippen molar-refractivity contribution in [3.05, 3.63) is 133 Å². The van der Waals surface area contributed by atoms with Gasteiger partial charge in [-0.25, -0.2) is 4.98 Å². The summed E-state index contributed by atoms with van der Waals surface area (Å²) >= 11 is 0. The monoisotopic (exact) mass is 515 g/mol. The number of pyridine rings is 1. The molecular weight excluding hydrogens is 490 g/mol. The smallest absolute Gasteiger partial charge is 0.183 e. The van der Waals surface area contributed by atoms with E-state index >= 15 is 0 Å². The van der Waals surface area contributed by atoms with Crippen LogP contribution in [0, 0.1) is 0 Å². The fraction of sp³-hybridized carbons (Fsp3) is 0.0833. The van der Waals surface area contributed by atoms with E-state index in [1.54, 1.807) is 0 Å². The first-order valence-corrected chi connectivity index (χ1v) is 13.8. The predicted octanol–water partition coefficient (Wildman–Crippen LogP) is 8.98. The lowest BCUT2D eigenvalue weighted by Gasteiger charge is -2.34. The lowest BCUT2D eigenvalue weighted by Crippen LogP contribution is -2.39. The van der Waals surface area contributed by atoms with Gasteiger partial charge in [-0.3, -0.25) is 4.57 Å². The van der Waals surface area contributed by atoms with E-state index in [0.717, 1.165) is 44.6 Å². The van der Waals surface area contributed by atoms with Crippen molar-refractivity contribution in [3.63, 3.8) is 0 Å². The van der Waals surface area contributed by atoms with Gasteiger partial charge in [-0.05, 0) is 42.8 Å². The van der Waals surface area contributed by atoms with Gasteiger partial charge >= 0.3 is 0 Å². The molecule has 9 rings (SSSR count). The standard InChI is InChI=1S/C36H25N3O/c1-36-21-11-10-20-32(36)39(30-18-8-5-15-27(30)36)33-22-26-25-14-4-9-19-31(25)40-34(26)35(37-33)38-28-16-6-2-12-23(28)24-13-3-7-17-29(24)38/h2-22,32H,1H3. The van der Waals surface area contributed by atoms with Crippen molar-refractivity contribution in [2.24, 2.45) is 0 Å². The molecule has 7 aromatic rings. The largest absolute Gasteiger partial charge is 0.452 e. The zero-order chi connectivity index (χ0) is 26.4. The van der Waals surface area contributed by atoms with Crippen LogP contribution >= 0.6 is 0 Å². The molecule has 40 heavy (non-hydrogen) atoms. The number of hydrogen-bond donors (Lipinski definition) is 0. The number of furan rings is 1. The third-order valence-electron chi connectivity index (χ3n) is 8.85. The summed E-state index contributed by atoms with van der Waals surface area (Å²) in [6, 6.07) is 36.5. The van der Waals surface area contributed by atoms with Crippen LogP contribution in [0.5, 0.6) is 0 Å². The van der Waals surface area contributed by atoms with Crippen LogP contribution in [-0.2, 0) is 5.41 Å². The first-order chi connectivity index (χ1) is 19.7. The molecule has 2 atom stereocenters. The molecular formula is C36H25N3O. The Hall–Kier alpha value is -5.09. The molecule has 2 aliphatic rings. The third kappa shape index (κ3) is 2.72. The molecule has 0 amide bonds. The van der Waals surface area contributed by atoms with Crippen molar-refractivity contribution < 1.29 is 4.42 Å². The first-order valence-electron chi connectivity index (χ1n) is 13.8. The molecule has 4 aromatic carbocycles. The minimum Gasteiger partial charge on any atom is -0.452 e. The number of anilines is 2. The Morgan fingerprint density at radius 2 is 1.40 bits per heavy atom. The SMILES string of the molecule is CC12C=CC=CC1N(c1cc3c(oc4ccccc43)c(-n3c4ccccc4c4ccccc43)n1)c1ccccc12. The summed E-state index contributed by atoms with van der Waals surface area (Å²) in [5.74, 6) is 1.72. The fourth-order valence-corrected chi connectivity index (χ4v) is 7.00. The Kier molecular flexibility index (Phi) is 4.22. The minimum absolute atomic E-state index is 0.115. The van der Waals surface area contributed by atoms with E-state index in [4.69, 9.17) is 9.40 Å². The Balaban J connectivity index is 1.42. The zero-order valence-corrected chi connectivity index (χ0v) is 22.0. The Bertz CT molecular complexity index is 2160. The second kappa shape index (κ2) is 7.73. The van der Waals surface area contributed by atoms with Gasteiger partial charge < -0.3 is 9.32 Å². The van der Waals surface area contributed by atoms with Gasteiger partial charge in [-0.15, -0.1) is 0 Å². The van der Waals surface area contributed by atoms with E-state index in [9.17, 15) is 0 Å². The van der Waals surface area contributed by atoms with Gasteiger partial charge in [0, 0.05) is 32.6 Å². The van der Waals surface area contributed by atoms with E-state index in [-0.39, 0.29) is 11.5 Å². The lowest BCUT2D eigenvalue weighted by atomic mass is 9.76. The highest BCUT2D eigenvalue weighted by molar-refractivity contribution is 6.12. The molecule has 0 N–H and O–H groups in total. The summed E-state index contributed by atoms with van der Waals surface area (Å²) in [6.45, 7) is 2.33. The summed E-state index contributed by atoms with van der Waals surface area (Å²) in [4.78, 5) is 7.89. The highest BCUT2D eigenvalue weighted by Gasteiger charge is 2.46. The second-order valence-electron chi connectivity index (χ2n) is 11.0. The van der Waals surface area contributed by atoms with E-state index < -0.39 is 0 Å². The molecule has 1 aliphatic heterocycles. The molecule has 0 saturated heterocycles. The molecule has 190 valence electrons. The van der Waals surface area contributed by atoms with Crippen LogP contribution in [0.15, 0.2) is 132 Å². The molecule has 0 fully saturated rings. The van der Waals surface area contributed by atoms with Crippen molar-refractivity contribution in [2.75, 3.05) is 4.90 Å². The highest BCUT2D eigenvalue weighted by atomic mass is 16.3. The number of allylic oxidation sites excluding steroid dienone is 2. The summed E-state index contributed by atoms with van der Waals surface area (Å²) < 4.78 is 8.87. The molecule has 1 aliphatic carbocycles. The van der Waals surface area contributed by atoms with Gasteiger partial charge in [0.2, 0.25) is 0 Å². The highest BCUT2D eigenvalue weighted by Crippen LogP contribution is 2.51. The zero-order valence-electron chi connectivity index (χ0n) is 22.0. The predicted molar refractivity (Wildman–Crippen MR) is 164 cm³/mol. The molecule has 2 unspecified atom stereocenters. The lowest BCUT2D eigenvalue weighted by molar-refractivity contribution is 0.548. The van der Waals surface area contributed by atoms with Crippen LogP contribution in [-0.4, -0.2) is 15.6 Å². The van der Waals surface area contributed by atoms with Gasteiger partial charge in [0.05, 0.1) is 17.1 Å². The van der Waals surface area contributed by atoms with E-state index in [1.807, 2.05) is 12.1 Å². The van der Waals surface area contributed by atoms with Gasteiger partial charge in [-0.1, -0.05) is 97.1 Å². The van der Waals surface area contributed by atoms with Crippen LogP contribution in [0.25, 0.3) is 49.6 Å². The second-order valence-corrected chi connectivity index (χ2v) is 11.0. The van der Waals surface area contributed by atoms with E-state index in [2.05, 4.69) is 132 Å². The number of hydrogen-bond acceptors (Lipinski definition) is 3. The van der Waals surface area contributed by atoms with Crippen molar-refractivity contribution >= 4 is 55.2 Å². The summed E-state index contributed by atoms with van der Waals surface area (Å²) in [5.41, 5.74) is 6.26. The van der Waals surface area contributed by atoms with Gasteiger partial charge in [0.1, 0.15) is 11.4 Å². The quantitative estimate of drug-likeness (QED) is 0.230. The Labute approximate surface area is 231 Å². The number of benzene rings is 4. The average molecular weight is 516 g/mol. The summed E-state index contributed by atoms with van der Waals surface area (Å²) in [6.07, 6.45) is 8.96. The summed E-state index contributed by atoms with van der Waals surface area (Å²) in [5, 5.41) is 4.57. The topological polar surface area (TPSA) is 34.2 Å². The van der Waals surface area contributed by atoms with Crippen molar-refractivity contribution in [1.29, 1.82) is 0 Å². The third-order valence-corrected chi connectivity index (χ3v) is 8.85. The number of para-hydroxylation sites is 4. The van der Waals surface area contributed by atoms with Crippen molar-refractivity contribution in [2.45, 2.75) is 18.4 Å². The van der Waals surface area contributed by atoms with Crippen LogP contribution in [0.1, 0.15) is 12.5 Å². The van der Waals surface area contributed by atoms with Gasteiger partial charge in [0.15, 0.2) is 11.4 Å². The van der Waals surface area contributed by atoms with Gasteiger partial charge in [-0.2, -0.15) is 0 Å². The Morgan fingerprint density at radius 1 is 0.725 bits per heavy atom. The molecule has 0 radical (unpaired) electrons. The first kappa shape index (κ1) is 21.8. The maximum atomic E-state index is 6.59. The maximum Gasteiger partial charge on any atom is 0.183 e. The van der Waals surface area contributed by atoms with Crippen LogP contribution in [0.2, 0.25) is 0 Å². The summed E-state index contributed by atoms with van der Waals surface area (Å²) in [7, 11) is 0. The number of fused-ring (bicyclic) bond motifs is 9. The average Bonchev–Trinajstić information content (AvgIpc) is 3.63. The number of rotatable bonds is 2. The fourth-order valence-electron chi connectivity index (χ4n) is 7.00. The normalized spacial score (nSPS) is 19.7. The van der Waals surface area contributed by atoms with Crippen molar-refractivity contribution in [3.8, 4) is 5.82 Å². The van der Waals surface area contributed by atoms with E-state index in [1.165, 1.54) is 22.0 Å². The van der Waals surface area contributed by atoms with Gasteiger partial charge in [0.25, 0.3) is 0 Å². The number of nitrogens with zero attached hydrogens (tertiary/aromatic N) is 3. The molecule has 0 bridgehead atoms. The van der Waals surface area contributed by atoms with Crippen LogP contribution in [0.3, 0.4) is 0 Å². The maximum absolute atomic E-state index is 6.59. The molecule has 3 aromatic heterocycles. The molecule has 0 saturated carbocycles. The molecule has 4 nitrogen and oxygen atoms in total. The van der Waals surface area contributed by atoms with Crippen LogP contribution < -0.4 is 4.90 Å². The molecule has 4 heteroatoms. The molecule has 4 heterocycles. The van der Waals surface area contributed by atoms with Crippen molar-refractivity contribution in [1.82, 2.24) is 9.55 Å². The minimum atomic E-state index is -0.145.